The van der Waals surface area contributed by atoms with E-state index < -0.39 is 53.7 Å². The SMILES string of the molecule is O=S(=O)([O-])CC(F)C(F)C(F)C(F)CCCF.[Na+]. The monoisotopic (exact) mass is 306 g/mol. The van der Waals surface area contributed by atoms with Gasteiger partial charge in [0.1, 0.15) is 12.3 Å². The Labute approximate surface area is 124 Å². The van der Waals surface area contributed by atoms with E-state index in [0.717, 1.165) is 0 Å². The summed E-state index contributed by atoms with van der Waals surface area (Å²) in [5.74, 6) is -1.76. The van der Waals surface area contributed by atoms with Crippen molar-refractivity contribution >= 4 is 10.1 Å². The fourth-order valence-electron chi connectivity index (χ4n) is 1.12. The van der Waals surface area contributed by atoms with Gasteiger partial charge in [0.25, 0.3) is 0 Å². The summed E-state index contributed by atoms with van der Waals surface area (Å²) >= 11 is 0. The van der Waals surface area contributed by atoms with Crippen LogP contribution in [-0.2, 0) is 10.1 Å². The van der Waals surface area contributed by atoms with Crippen LogP contribution in [0.1, 0.15) is 12.8 Å². The van der Waals surface area contributed by atoms with Crippen LogP contribution in [0.2, 0.25) is 0 Å². The maximum absolute atomic E-state index is 12.9. The van der Waals surface area contributed by atoms with Gasteiger partial charge >= 0.3 is 29.6 Å². The Morgan fingerprint density at radius 2 is 1.44 bits per heavy atom. The maximum atomic E-state index is 12.9. The molecule has 0 bridgehead atoms. The molecule has 104 valence electrons. The molecular weight excluding hydrogens is 294 g/mol. The molecule has 0 N–H and O–H groups in total. The third-order valence-electron chi connectivity index (χ3n) is 1.97. The zero-order chi connectivity index (χ0) is 13.6. The van der Waals surface area contributed by atoms with Crippen molar-refractivity contribution in [3.63, 3.8) is 0 Å². The molecule has 4 atom stereocenters. The van der Waals surface area contributed by atoms with Crippen LogP contribution in [0.15, 0.2) is 0 Å². The largest absolute Gasteiger partial charge is 1.00 e. The zero-order valence-corrected chi connectivity index (χ0v) is 12.5. The van der Waals surface area contributed by atoms with Gasteiger partial charge in [0.15, 0.2) is 12.3 Å². The molecule has 10 heteroatoms. The Hall–Kier alpha value is 0.560. The van der Waals surface area contributed by atoms with Crippen molar-refractivity contribution in [2.45, 2.75) is 37.5 Å². The predicted octanol–water partition coefficient (Wildman–Crippen LogP) is -1.36. The van der Waals surface area contributed by atoms with Crippen LogP contribution in [0.4, 0.5) is 22.0 Å². The van der Waals surface area contributed by atoms with Gasteiger partial charge in [-0.2, -0.15) is 0 Å². The summed E-state index contributed by atoms with van der Waals surface area (Å²) in [6.07, 6.45) is -12.4. The van der Waals surface area contributed by atoms with Crippen molar-refractivity contribution in [3.05, 3.63) is 0 Å². The van der Waals surface area contributed by atoms with E-state index in [1.165, 1.54) is 0 Å². The summed E-state index contributed by atoms with van der Waals surface area (Å²) in [7, 11) is -5.06. The van der Waals surface area contributed by atoms with Crippen molar-refractivity contribution in [2.75, 3.05) is 12.4 Å². The second-order valence-electron chi connectivity index (χ2n) is 3.48. The molecule has 0 aliphatic rings. The van der Waals surface area contributed by atoms with Gasteiger partial charge in [-0.05, 0) is 12.8 Å². The second-order valence-corrected chi connectivity index (χ2v) is 4.93. The molecule has 0 spiro atoms. The standard InChI is InChI=1S/C8H13F5O3S.Na/c9-3-1-2-5(10)7(12)8(13)6(11)4-17(14,15)16;/h5-8H,1-4H2,(H,14,15,16);/q;+1/p-1. The van der Waals surface area contributed by atoms with Crippen molar-refractivity contribution in [3.8, 4) is 0 Å². The molecule has 0 fully saturated rings. The molecule has 3 nitrogen and oxygen atoms in total. The van der Waals surface area contributed by atoms with E-state index in [9.17, 15) is 34.9 Å². The van der Waals surface area contributed by atoms with Crippen molar-refractivity contribution in [1.29, 1.82) is 0 Å². The van der Waals surface area contributed by atoms with Crippen LogP contribution in [0.3, 0.4) is 0 Å². The van der Waals surface area contributed by atoms with Gasteiger partial charge in [0, 0.05) is 0 Å². The number of alkyl halides is 5. The fourth-order valence-corrected chi connectivity index (χ4v) is 1.69. The van der Waals surface area contributed by atoms with E-state index in [0.29, 0.717) is 0 Å². The molecular formula is C8H12F5NaO3S. The fraction of sp³-hybridized carbons (Fsp3) is 1.00. The van der Waals surface area contributed by atoms with Crippen molar-refractivity contribution in [1.82, 2.24) is 0 Å². The molecule has 0 heterocycles. The van der Waals surface area contributed by atoms with Crippen LogP contribution < -0.4 is 29.6 Å². The molecule has 0 aliphatic carbocycles. The first kappa shape index (κ1) is 20.9. The smallest absolute Gasteiger partial charge is 0.748 e. The summed E-state index contributed by atoms with van der Waals surface area (Å²) in [6.45, 7) is -0.932. The third-order valence-corrected chi connectivity index (χ3v) is 2.70. The summed E-state index contributed by atoms with van der Waals surface area (Å²) < 4.78 is 93.4. The summed E-state index contributed by atoms with van der Waals surface area (Å²) in [6, 6.07) is 0. The van der Waals surface area contributed by atoms with Crippen molar-refractivity contribution < 1.29 is 64.5 Å². The van der Waals surface area contributed by atoms with Crippen LogP contribution in [0.5, 0.6) is 0 Å². The van der Waals surface area contributed by atoms with Gasteiger partial charge < -0.3 is 4.55 Å². The first-order valence-electron chi connectivity index (χ1n) is 4.75. The minimum atomic E-state index is -5.06. The molecule has 18 heavy (non-hydrogen) atoms. The minimum absolute atomic E-state index is 0. The Kier molecular flexibility index (Phi) is 11.0. The van der Waals surface area contributed by atoms with Gasteiger partial charge in [-0.25, -0.2) is 26.0 Å². The third kappa shape index (κ3) is 8.63. The summed E-state index contributed by atoms with van der Waals surface area (Å²) in [5, 5.41) is 0. The Morgan fingerprint density at radius 3 is 1.83 bits per heavy atom. The van der Waals surface area contributed by atoms with E-state index >= 15 is 0 Å². The molecule has 0 aliphatic heterocycles. The molecule has 0 rings (SSSR count). The zero-order valence-electron chi connectivity index (χ0n) is 9.66. The number of rotatable bonds is 8. The average Bonchev–Trinajstić information content (AvgIpc) is 2.21. The molecule has 4 unspecified atom stereocenters. The van der Waals surface area contributed by atoms with Crippen LogP contribution in [0, 0.1) is 0 Å². The minimum Gasteiger partial charge on any atom is -0.748 e. The van der Waals surface area contributed by atoms with E-state index in [1.54, 1.807) is 0 Å². The second kappa shape index (κ2) is 9.46. The van der Waals surface area contributed by atoms with Gasteiger partial charge in [-0.15, -0.1) is 0 Å². The number of halogens is 5. The quantitative estimate of drug-likeness (QED) is 0.316. The van der Waals surface area contributed by atoms with Crippen LogP contribution in [0.25, 0.3) is 0 Å². The predicted molar refractivity (Wildman–Crippen MR) is 49.4 cm³/mol. The Balaban J connectivity index is 0. The maximum Gasteiger partial charge on any atom is 1.00 e. The summed E-state index contributed by atoms with van der Waals surface area (Å²) in [5.41, 5.74) is 0. The normalized spacial score (nSPS) is 18.6. The van der Waals surface area contributed by atoms with Gasteiger partial charge in [-0.3, -0.25) is 4.39 Å². The van der Waals surface area contributed by atoms with Gasteiger partial charge in [0.05, 0.1) is 22.5 Å². The van der Waals surface area contributed by atoms with Gasteiger partial charge in [-0.1, -0.05) is 0 Å². The van der Waals surface area contributed by atoms with E-state index in [4.69, 9.17) is 0 Å². The molecule has 0 saturated heterocycles. The Morgan fingerprint density at radius 1 is 1.00 bits per heavy atom. The number of hydrogen-bond donors (Lipinski definition) is 0. The number of hydrogen-bond acceptors (Lipinski definition) is 3. The van der Waals surface area contributed by atoms with E-state index in [1.807, 2.05) is 0 Å². The molecule has 0 saturated carbocycles. The molecule has 0 amide bonds. The van der Waals surface area contributed by atoms with Crippen LogP contribution in [-0.4, -0.2) is 50.1 Å². The van der Waals surface area contributed by atoms with E-state index in [2.05, 4.69) is 0 Å². The average molecular weight is 306 g/mol. The molecule has 0 radical (unpaired) electrons. The van der Waals surface area contributed by atoms with Crippen molar-refractivity contribution in [2.24, 2.45) is 0 Å². The Bertz CT molecular complexity index is 316. The summed E-state index contributed by atoms with van der Waals surface area (Å²) in [4.78, 5) is 0. The van der Waals surface area contributed by atoms with Gasteiger partial charge in [0.2, 0.25) is 0 Å². The molecule has 0 aromatic carbocycles. The first-order chi connectivity index (χ1) is 7.69. The van der Waals surface area contributed by atoms with E-state index in [-0.39, 0.29) is 36.0 Å². The topological polar surface area (TPSA) is 57.2 Å². The van der Waals surface area contributed by atoms with Crippen LogP contribution >= 0.6 is 0 Å². The molecule has 0 aromatic heterocycles. The first-order valence-corrected chi connectivity index (χ1v) is 6.32. The molecule has 0 aromatic rings.